The fraction of sp³-hybridized carbons (Fsp3) is 0.667. The number of hydrogen-bond donors (Lipinski definition) is 1. The Bertz CT molecular complexity index is 242. The van der Waals surface area contributed by atoms with Crippen LogP contribution >= 0.6 is 11.3 Å². The lowest BCUT2D eigenvalue weighted by Crippen LogP contribution is -2.33. The molecular formula is C12H22N2S. The molecule has 0 amide bonds. The molecular weight excluding hydrogens is 204 g/mol. The van der Waals surface area contributed by atoms with Crippen molar-refractivity contribution in [2.24, 2.45) is 11.7 Å². The molecule has 0 aliphatic rings. The van der Waals surface area contributed by atoms with Crippen molar-refractivity contribution in [3.63, 3.8) is 0 Å². The maximum atomic E-state index is 5.83. The first-order valence-corrected chi connectivity index (χ1v) is 6.62. The Morgan fingerprint density at radius 1 is 1.40 bits per heavy atom. The summed E-state index contributed by atoms with van der Waals surface area (Å²) < 4.78 is 0. The Balaban J connectivity index is 2.42. The molecule has 3 heteroatoms. The molecule has 1 unspecified atom stereocenters. The van der Waals surface area contributed by atoms with Gasteiger partial charge >= 0.3 is 0 Å². The van der Waals surface area contributed by atoms with E-state index < -0.39 is 0 Å². The van der Waals surface area contributed by atoms with E-state index in [1.165, 1.54) is 4.88 Å². The lowest BCUT2D eigenvalue weighted by atomic mass is 10.0. The zero-order chi connectivity index (χ0) is 11.1. The largest absolute Gasteiger partial charge is 0.330 e. The molecule has 0 saturated carbocycles. The highest BCUT2D eigenvalue weighted by molar-refractivity contribution is 7.09. The Hall–Kier alpha value is -0.380. The van der Waals surface area contributed by atoms with Crippen molar-refractivity contribution < 1.29 is 0 Å². The van der Waals surface area contributed by atoms with Gasteiger partial charge in [0.15, 0.2) is 0 Å². The quantitative estimate of drug-likeness (QED) is 0.772. The summed E-state index contributed by atoms with van der Waals surface area (Å²) >= 11 is 1.83. The van der Waals surface area contributed by atoms with Gasteiger partial charge in [-0.3, -0.25) is 0 Å². The maximum Gasteiger partial charge on any atom is 0.00489 e. The topological polar surface area (TPSA) is 29.3 Å². The van der Waals surface area contributed by atoms with Gasteiger partial charge in [-0.15, -0.1) is 11.3 Å². The predicted octanol–water partition coefficient (Wildman–Crippen LogP) is 2.21. The lowest BCUT2D eigenvalue weighted by molar-refractivity contribution is 0.254. The summed E-state index contributed by atoms with van der Waals surface area (Å²) in [6.07, 6.45) is 1.13. The standard InChI is InChI=1S/C12H22N2S/c1-3-14(4-2)10-11(9-13)8-12-6-5-7-15-12/h5-7,11H,3-4,8-10,13H2,1-2H3. The third-order valence-electron chi connectivity index (χ3n) is 2.81. The molecule has 86 valence electrons. The Labute approximate surface area is 97.1 Å². The minimum atomic E-state index is 0.601. The number of thiophene rings is 1. The molecule has 1 rings (SSSR count). The molecule has 0 saturated heterocycles. The van der Waals surface area contributed by atoms with Gasteiger partial charge in [0, 0.05) is 11.4 Å². The maximum absolute atomic E-state index is 5.83. The van der Waals surface area contributed by atoms with E-state index in [1.54, 1.807) is 0 Å². The van der Waals surface area contributed by atoms with Crippen LogP contribution in [-0.4, -0.2) is 31.1 Å². The molecule has 0 spiro atoms. The first-order valence-electron chi connectivity index (χ1n) is 5.74. The molecule has 1 aromatic heterocycles. The van der Waals surface area contributed by atoms with Crippen LogP contribution in [0.4, 0.5) is 0 Å². The zero-order valence-electron chi connectivity index (χ0n) is 9.78. The van der Waals surface area contributed by atoms with Crippen molar-refractivity contribution in [1.82, 2.24) is 4.90 Å². The molecule has 1 aromatic rings. The van der Waals surface area contributed by atoms with Crippen molar-refractivity contribution in [2.75, 3.05) is 26.2 Å². The van der Waals surface area contributed by atoms with Gasteiger partial charge in [-0.2, -0.15) is 0 Å². The Morgan fingerprint density at radius 3 is 2.60 bits per heavy atom. The summed E-state index contributed by atoms with van der Waals surface area (Å²) in [7, 11) is 0. The van der Waals surface area contributed by atoms with Gasteiger partial charge in [-0.05, 0) is 43.4 Å². The molecule has 2 N–H and O–H groups in total. The first-order chi connectivity index (χ1) is 7.30. The Morgan fingerprint density at radius 2 is 2.13 bits per heavy atom. The number of hydrogen-bond acceptors (Lipinski definition) is 3. The molecule has 0 aliphatic carbocycles. The highest BCUT2D eigenvalue weighted by Gasteiger charge is 2.11. The van der Waals surface area contributed by atoms with Gasteiger partial charge in [0.1, 0.15) is 0 Å². The van der Waals surface area contributed by atoms with Crippen molar-refractivity contribution in [3.05, 3.63) is 22.4 Å². The second-order valence-corrected chi connectivity index (χ2v) is 4.90. The van der Waals surface area contributed by atoms with E-state index in [-0.39, 0.29) is 0 Å². The zero-order valence-corrected chi connectivity index (χ0v) is 10.6. The van der Waals surface area contributed by atoms with E-state index in [2.05, 4.69) is 36.3 Å². The second-order valence-electron chi connectivity index (χ2n) is 3.87. The van der Waals surface area contributed by atoms with Gasteiger partial charge in [-0.25, -0.2) is 0 Å². The van der Waals surface area contributed by atoms with E-state index in [9.17, 15) is 0 Å². The number of nitrogens with two attached hydrogens (primary N) is 1. The van der Waals surface area contributed by atoms with Gasteiger partial charge in [-0.1, -0.05) is 19.9 Å². The summed E-state index contributed by atoms with van der Waals surface area (Å²) in [5.41, 5.74) is 5.83. The van der Waals surface area contributed by atoms with Crippen molar-refractivity contribution >= 4 is 11.3 Å². The normalized spacial score (nSPS) is 13.3. The molecule has 1 atom stereocenters. The summed E-state index contributed by atoms with van der Waals surface area (Å²) in [6, 6.07) is 4.32. The van der Waals surface area contributed by atoms with E-state index in [1.807, 2.05) is 11.3 Å². The summed E-state index contributed by atoms with van der Waals surface area (Å²) in [5.74, 6) is 0.601. The van der Waals surface area contributed by atoms with Gasteiger partial charge in [0.2, 0.25) is 0 Å². The third-order valence-corrected chi connectivity index (χ3v) is 3.71. The van der Waals surface area contributed by atoms with Gasteiger partial charge < -0.3 is 10.6 Å². The lowest BCUT2D eigenvalue weighted by Gasteiger charge is -2.23. The SMILES string of the molecule is CCN(CC)CC(CN)Cc1cccs1. The number of rotatable bonds is 7. The third kappa shape index (κ3) is 4.33. The van der Waals surface area contributed by atoms with Crippen LogP contribution in [0.2, 0.25) is 0 Å². The molecule has 0 fully saturated rings. The van der Waals surface area contributed by atoms with Crippen LogP contribution in [0.1, 0.15) is 18.7 Å². The minimum Gasteiger partial charge on any atom is -0.330 e. The van der Waals surface area contributed by atoms with E-state index >= 15 is 0 Å². The first kappa shape index (κ1) is 12.7. The molecule has 15 heavy (non-hydrogen) atoms. The van der Waals surface area contributed by atoms with Crippen LogP contribution in [-0.2, 0) is 6.42 Å². The monoisotopic (exact) mass is 226 g/mol. The molecule has 0 bridgehead atoms. The number of nitrogens with zero attached hydrogens (tertiary/aromatic N) is 1. The van der Waals surface area contributed by atoms with Crippen LogP contribution in [0.25, 0.3) is 0 Å². The fourth-order valence-corrected chi connectivity index (χ4v) is 2.60. The van der Waals surface area contributed by atoms with Crippen LogP contribution in [0.15, 0.2) is 17.5 Å². The van der Waals surface area contributed by atoms with E-state index in [0.717, 1.165) is 32.6 Å². The van der Waals surface area contributed by atoms with E-state index in [4.69, 9.17) is 5.73 Å². The minimum absolute atomic E-state index is 0.601. The van der Waals surface area contributed by atoms with Gasteiger partial charge in [0.25, 0.3) is 0 Å². The molecule has 2 nitrogen and oxygen atoms in total. The van der Waals surface area contributed by atoms with Crippen LogP contribution < -0.4 is 5.73 Å². The molecule has 0 aliphatic heterocycles. The summed E-state index contributed by atoms with van der Waals surface area (Å²) in [4.78, 5) is 3.91. The van der Waals surface area contributed by atoms with Crippen LogP contribution in [0, 0.1) is 5.92 Å². The van der Waals surface area contributed by atoms with Gasteiger partial charge in [0.05, 0.1) is 0 Å². The van der Waals surface area contributed by atoms with Crippen LogP contribution in [0.5, 0.6) is 0 Å². The highest BCUT2D eigenvalue weighted by Crippen LogP contribution is 2.14. The fourth-order valence-electron chi connectivity index (χ4n) is 1.78. The summed E-state index contributed by atoms with van der Waals surface area (Å²) in [5, 5.41) is 2.14. The second kappa shape index (κ2) is 6.99. The average Bonchev–Trinajstić information content (AvgIpc) is 2.76. The predicted molar refractivity (Wildman–Crippen MR) is 68.4 cm³/mol. The van der Waals surface area contributed by atoms with Crippen molar-refractivity contribution in [3.8, 4) is 0 Å². The van der Waals surface area contributed by atoms with Crippen LogP contribution in [0.3, 0.4) is 0 Å². The van der Waals surface area contributed by atoms with E-state index in [0.29, 0.717) is 5.92 Å². The van der Waals surface area contributed by atoms with Crippen molar-refractivity contribution in [1.29, 1.82) is 0 Å². The molecule has 0 aromatic carbocycles. The average molecular weight is 226 g/mol. The molecule has 1 heterocycles. The summed E-state index contributed by atoms with van der Waals surface area (Å²) in [6.45, 7) is 8.58. The highest BCUT2D eigenvalue weighted by atomic mass is 32.1. The Kier molecular flexibility index (Phi) is 5.91. The van der Waals surface area contributed by atoms with Crippen molar-refractivity contribution in [2.45, 2.75) is 20.3 Å². The smallest absolute Gasteiger partial charge is 0.00489 e. The molecule has 0 radical (unpaired) electrons.